The van der Waals surface area contributed by atoms with Crippen LogP contribution in [0.25, 0.3) is 0 Å². The van der Waals surface area contributed by atoms with Gasteiger partial charge >= 0.3 is 5.97 Å². The van der Waals surface area contributed by atoms with E-state index in [9.17, 15) is 4.79 Å². The molecule has 2 fully saturated rings. The molecule has 0 bridgehead atoms. The van der Waals surface area contributed by atoms with E-state index in [1.807, 2.05) is 23.5 Å². The van der Waals surface area contributed by atoms with Crippen molar-refractivity contribution in [2.24, 2.45) is 5.92 Å². The van der Waals surface area contributed by atoms with Crippen LogP contribution in [0.2, 0.25) is 0 Å². The van der Waals surface area contributed by atoms with E-state index in [-0.39, 0.29) is 6.04 Å². The van der Waals surface area contributed by atoms with Gasteiger partial charge in [-0.3, -0.25) is 9.69 Å². The average molecular weight is 261 g/mol. The van der Waals surface area contributed by atoms with Gasteiger partial charge in [0.05, 0.1) is 6.42 Å². The highest BCUT2D eigenvalue weighted by molar-refractivity contribution is 7.99. The Morgan fingerprint density at radius 3 is 2.81 bits per heavy atom. The van der Waals surface area contributed by atoms with E-state index in [2.05, 4.69) is 4.90 Å². The predicted octanol–water partition coefficient (Wildman–Crippen LogP) is 1.63. The standard InChI is InChI=1S/C11H19NO2S2/c13-11(14)5-10-8-16-4-2-12(10)6-9-1-3-15-7-9/h9-10H,1-8H2,(H,13,14). The molecule has 0 aromatic heterocycles. The molecule has 0 saturated carbocycles. The van der Waals surface area contributed by atoms with Crippen LogP contribution in [-0.4, -0.2) is 58.1 Å². The SMILES string of the molecule is O=C(O)CC1CSCCN1CC1CCSC1. The van der Waals surface area contributed by atoms with Crippen molar-refractivity contribution in [2.45, 2.75) is 18.9 Å². The maximum Gasteiger partial charge on any atom is 0.304 e. The summed E-state index contributed by atoms with van der Waals surface area (Å²) in [7, 11) is 0. The van der Waals surface area contributed by atoms with Gasteiger partial charge in [0.1, 0.15) is 0 Å². The van der Waals surface area contributed by atoms with Gasteiger partial charge in [-0.05, 0) is 23.8 Å². The first kappa shape index (κ1) is 12.6. The third kappa shape index (κ3) is 3.57. The molecule has 92 valence electrons. The first-order chi connectivity index (χ1) is 7.75. The lowest BCUT2D eigenvalue weighted by Crippen LogP contribution is -2.45. The number of carboxylic acids is 1. The van der Waals surface area contributed by atoms with E-state index < -0.39 is 5.97 Å². The second-order valence-corrected chi connectivity index (χ2v) is 6.85. The summed E-state index contributed by atoms with van der Waals surface area (Å²) in [5, 5.41) is 8.90. The van der Waals surface area contributed by atoms with Crippen molar-refractivity contribution >= 4 is 29.5 Å². The highest BCUT2D eigenvalue weighted by atomic mass is 32.2. The van der Waals surface area contributed by atoms with Gasteiger partial charge in [0.2, 0.25) is 0 Å². The Morgan fingerprint density at radius 1 is 1.31 bits per heavy atom. The molecule has 2 rings (SSSR count). The van der Waals surface area contributed by atoms with E-state index in [0.717, 1.165) is 30.5 Å². The largest absolute Gasteiger partial charge is 0.481 e. The first-order valence-electron chi connectivity index (χ1n) is 5.87. The number of carboxylic acid groups (broad SMARTS) is 1. The summed E-state index contributed by atoms with van der Waals surface area (Å²) in [6.07, 6.45) is 1.63. The maximum atomic E-state index is 10.8. The Balaban J connectivity index is 1.85. The number of carbonyl (C=O) groups is 1. The molecule has 0 amide bonds. The molecular formula is C11H19NO2S2. The molecule has 2 atom stereocenters. The molecule has 0 spiro atoms. The minimum atomic E-state index is -0.654. The lowest BCUT2D eigenvalue weighted by atomic mass is 10.1. The molecule has 2 aliphatic heterocycles. The summed E-state index contributed by atoms with van der Waals surface area (Å²) >= 11 is 3.93. The summed E-state index contributed by atoms with van der Waals surface area (Å²) < 4.78 is 0. The molecule has 1 N–H and O–H groups in total. The quantitative estimate of drug-likeness (QED) is 0.833. The molecule has 2 saturated heterocycles. The van der Waals surface area contributed by atoms with Crippen LogP contribution in [-0.2, 0) is 4.79 Å². The molecule has 0 radical (unpaired) electrons. The zero-order chi connectivity index (χ0) is 11.4. The van der Waals surface area contributed by atoms with Crippen molar-refractivity contribution in [3.8, 4) is 0 Å². The van der Waals surface area contributed by atoms with Crippen LogP contribution in [0.1, 0.15) is 12.8 Å². The van der Waals surface area contributed by atoms with Crippen LogP contribution in [0.15, 0.2) is 0 Å². The molecule has 0 aromatic rings. The third-order valence-corrected chi connectivity index (χ3v) is 5.60. The minimum absolute atomic E-state index is 0.266. The van der Waals surface area contributed by atoms with Crippen molar-refractivity contribution in [3.05, 3.63) is 0 Å². The summed E-state index contributed by atoms with van der Waals surface area (Å²) in [6, 6.07) is 0.266. The van der Waals surface area contributed by atoms with Gasteiger partial charge in [-0.15, -0.1) is 0 Å². The zero-order valence-electron chi connectivity index (χ0n) is 9.43. The number of aliphatic carboxylic acids is 1. The van der Waals surface area contributed by atoms with Crippen molar-refractivity contribution in [1.82, 2.24) is 4.90 Å². The van der Waals surface area contributed by atoms with Crippen molar-refractivity contribution in [2.75, 3.05) is 36.1 Å². The topological polar surface area (TPSA) is 40.5 Å². The van der Waals surface area contributed by atoms with Crippen LogP contribution in [0.4, 0.5) is 0 Å². The van der Waals surface area contributed by atoms with Gasteiger partial charge in [0, 0.05) is 30.6 Å². The maximum absolute atomic E-state index is 10.8. The average Bonchev–Trinajstić information content (AvgIpc) is 2.73. The Morgan fingerprint density at radius 2 is 2.12 bits per heavy atom. The van der Waals surface area contributed by atoms with Crippen LogP contribution in [0.5, 0.6) is 0 Å². The normalized spacial score (nSPS) is 31.8. The van der Waals surface area contributed by atoms with E-state index in [4.69, 9.17) is 5.11 Å². The summed E-state index contributed by atoms with van der Waals surface area (Å²) in [4.78, 5) is 13.2. The van der Waals surface area contributed by atoms with E-state index >= 15 is 0 Å². The van der Waals surface area contributed by atoms with Crippen molar-refractivity contribution < 1.29 is 9.90 Å². The fourth-order valence-electron chi connectivity index (χ4n) is 2.38. The Labute approximate surface area is 105 Å². The Bertz CT molecular complexity index is 244. The molecule has 2 unspecified atom stereocenters. The molecule has 0 aliphatic carbocycles. The monoisotopic (exact) mass is 261 g/mol. The lowest BCUT2D eigenvalue weighted by Gasteiger charge is -2.36. The van der Waals surface area contributed by atoms with Gasteiger partial charge in [-0.25, -0.2) is 0 Å². The fourth-order valence-corrected chi connectivity index (χ4v) is 4.78. The summed E-state index contributed by atoms with van der Waals surface area (Å²) in [6.45, 7) is 2.19. The summed E-state index contributed by atoms with van der Waals surface area (Å²) in [5.41, 5.74) is 0. The van der Waals surface area contributed by atoms with Gasteiger partial charge < -0.3 is 5.11 Å². The molecule has 0 aromatic carbocycles. The molecular weight excluding hydrogens is 242 g/mol. The second kappa shape index (κ2) is 6.17. The Hall–Kier alpha value is 0.130. The highest BCUT2D eigenvalue weighted by Crippen LogP contribution is 2.27. The lowest BCUT2D eigenvalue weighted by molar-refractivity contribution is -0.138. The number of thioether (sulfide) groups is 2. The number of nitrogens with zero attached hydrogens (tertiary/aromatic N) is 1. The molecule has 3 nitrogen and oxygen atoms in total. The summed E-state index contributed by atoms with van der Waals surface area (Å²) in [5.74, 6) is 4.85. The van der Waals surface area contributed by atoms with Gasteiger partial charge in [0.25, 0.3) is 0 Å². The van der Waals surface area contributed by atoms with E-state index in [0.29, 0.717) is 6.42 Å². The zero-order valence-corrected chi connectivity index (χ0v) is 11.1. The molecule has 2 aliphatic rings. The molecule has 16 heavy (non-hydrogen) atoms. The van der Waals surface area contributed by atoms with Gasteiger partial charge in [-0.1, -0.05) is 0 Å². The van der Waals surface area contributed by atoms with Crippen LogP contribution < -0.4 is 0 Å². The van der Waals surface area contributed by atoms with Gasteiger partial charge in [0.15, 0.2) is 0 Å². The molecule has 5 heteroatoms. The predicted molar refractivity (Wildman–Crippen MR) is 70.4 cm³/mol. The third-order valence-electron chi connectivity index (χ3n) is 3.28. The van der Waals surface area contributed by atoms with Gasteiger partial charge in [-0.2, -0.15) is 23.5 Å². The second-order valence-electron chi connectivity index (χ2n) is 4.55. The van der Waals surface area contributed by atoms with E-state index in [1.54, 1.807) is 0 Å². The van der Waals surface area contributed by atoms with Crippen molar-refractivity contribution in [1.29, 1.82) is 0 Å². The Kier molecular flexibility index (Phi) is 4.85. The number of rotatable bonds is 4. The van der Waals surface area contributed by atoms with Crippen molar-refractivity contribution in [3.63, 3.8) is 0 Å². The van der Waals surface area contributed by atoms with Crippen LogP contribution in [0, 0.1) is 5.92 Å². The number of hydrogen-bond donors (Lipinski definition) is 1. The highest BCUT2D eigenvalue weighted by Gasteiger charge is 2.28. The molecule has 2 heterocycles. The first-order valence-corrected chi connectivity index (χ1v) is 8.18. The number of hydrogen-bond acceptors (Lipinski definition) is 4. The smallest absolute Gasteiger partial charge is 0.304 e. The van der Waals surface area contributed by atoms with Crippen LogP contribution in [0.3, 0.4) is 0 Å². The van der Waals surface area contributed by atoms with Crippen LogP contribution >= 0.6 is 23.5 Å². The minimum Gasteiger partial charge on any atom is -0.481 e. The van der Waals surface area contributed by atoms with E-state index in [1.165, 1.54) is 17.9 Å². The fraction of sp³-hybridized carbons (Fsp3) is 0.909.